The fraction of sp³-hybridized carbons (Fsp3) is 0.294. The maximum Gasteiger partial charge on any atom is 0.289 e. The molecule has 3 aromatic rings. The van der Waals surface area contributed by atoms with Crippen LogP contribution in [0.2, 0.25) is 4.34 Å². The van der Waals surface area contributed by atoms with Crippen molar-refractivity contribution < 1.29 is 4.79 Å². The molecule has 6 heteroatoms. The van der Waals surface area contributed by atoms with Gasteiger partial charge >= 0.3 is 0 Å². The monoisotopic (exact) mass is 364 g/mol. The lowest BCUT2D eigenvalue weighted by Gasteiger charge is -2.05. The zero-order valence-corrected chi connectivity index (χ0v) is 15.6. The van der Waals surface area contributed by atoms with Gasteiger partial charge in [-0.05, 0) is 55.7 Å². The number of benzene rings is 1. The van der Waals surface area contributed by atoms with Crippen LogP contribution in [0.4, 0.5) is 0 Å². The lowest BCUT2D eigenvalue weighted by Crippen LogP contribution is -2.16. The van der Waals surface area contributed by atoms with Gasteiger partial charge in [0.05, 0.1) is 19.4 Å². The highest BCUT2D eigenvalue weighted by atomic mass is 35.5. The van der Waals surface area contributed by atoms with Crippen molar-refractivity contribution in [3.63, 3.8) is 0 Å². The quantitative estimate of drug-likeness (QED) is 0.630. The molecule has 2 aromatic heterocycles. The first-order valence-electron chi connectivity index (χ1n) is 7.44. The zero-order chi connectivity index (χ0) is 16.6. The van der Waals surface area contributed by atoms with Gasteiger partial charge in [0.2, 0.25) is 0 Å². The van der Waals surface area contributed by atoms with Crippen LogP contribution in [0.15, 0.2) is 29.3 Å². The maximum absolute atomic E-state index is 12.4. The van der Waals surface area contributed by atoms with E-state index < -0.39 is 0 Å². The van der Waals surface area contributed by atoms with Crippen molar-refractivity contribution in [3.05, 3.63) is 49.4 Å². The van der Waals surface area contributed by atoms with Gasteiger partial charge in [-0.2, -0.15) is 4.99 Å². The number of aromatic nitrogens is 1. The molecule has 120 valence electrons. The lowest BCUT2D eigenvalue weighted by molar-refractivity contribution is 0.100. The van der Waals surface area contributed by atoms with E-state index in [4.69, 9.17) is 11.6 Å². The molecular weight excluding hydrogens is 348 g/mol. The van der Waals surface area contributed by atoms with Crippen molar-refractivity contribution in [1.82, 2.24) is 4.57 Å². The third kappa shape index (κ3) is 3.27. The fourth-order valence-electron chi connectivity index (χ4n) is 2.42. The number of halogens is 1. The molecule has 3 rings (SSSR count). The summed E-state index contributed by atoms with van der Waals surface area (Å²) in [5.74, 6) is -0.230. The maximum atomic E-state index is 12.4. The Balaban J connectivity index is 2.17. The molecule has 0 aliphatic rings. The molecule has 0 fully saturated rings. The molecule has 1 amide bonds. The van der Waals surface area contributed by atoms with E-state index in [1.807, 2.05) is 0 Å². The van der Waals surface area contributed by atoms with E-state index in [9.17, 15) is 4.79 Å². The van der Waals surface area contributed by atoms with Crippen LogP contribution in [-0.2, 0) is 6.54 Å². The second kappa shape index (κ2) is 6.59. The lowest BCUT2D eigenvalue weighted by atomic mass is 10.1. The Bertz CT molecular complexity index is 949. The predicted molar refractivity (Wildman–Crippen MR) is 98.8 cm³/mol. The number of carbonyl (C=O) groups excluding carboxylic acids is 1. The standard InChI is InChI=1S/C17H17ClN2OS2/c1-4-7-20-12-8-10(2)11(3)9-14(12)23-17(20)19-16(21)13-5-6-15(18)22-13/h5-6,8-9H,4,7H2,1-3H3. The fourth-order valence-corrected chi connectivity index (χ4v) is 4.48. The van der Waals surface area contributed by atoms with E-state index >= 15 is 0 Å². The van der Waals surface area contributed by atoms with Crippen molar-refractivity contribution >= 4 is 50.4 Å². The average Bonchev–Trinajstić information content (AvgIpc) is 3.06. The van der Waals surface area contributed by atoms with Crippen LogP contribution in [0.1, 0.15) is 34.1 Å². The Morgan fingerprint density at radius 2 is 1.96 bits per heavy atom. The first-order chi connectivity index (χ1) is 11.0. The van der Waals surface area contributed by atoms with Crippen LogP contribution in [0.5, 0.6) is 0 Å². The van der Waals surface area contributed by atoms with E-state index in [0.717, 1.165) is 28.0 Å². The predicted octanol–water partition coefficient (Wildman–Crippen LogP) is 5.19. The number of amides is 1. The molecule has 23 heavy (non-hydrogen) atoms. The SMILES string of the molecule is CCCn1c(=NC(=O)c2ccc(Cl)s2)sc2cc(C)c(C)cc21. The number of hydrogen-bond acceptors (Lipinski definition) is 3. The normalized spacial score (nSPS) is 12.3. The summed E-state index contributed by atoms with van der Waals surface area (Å²) in [6, 6.07) is 7.81. The van der Waals surface area contributed by atoms with Gasteiger partial charge in [-0.15, -0.1) is 11.3 Å². The van der Waals surface area contributed by atoms with Crippen LogP contribution in [0.25, 0.3) is 10.2 Å². The number of carbonyl (C=O) groups is 1. The Kier molecular flexibility index (Phi) is 4.71. The minimum Gasteiger partial charge on any atom is -0.316 e. The van der Waals surface area contributed by atoms with Crippen LogP contribution in [-0.4, -0.2) is 10.5 Å². The smallest absolute Gasteiger partial charge is 0.289 e. The molecule has 0 bridgehead atoms. The molecule has 2 heterocycles. The highest BCUT2D eigenvalue weighted by Gasteiger charge is 2.11. The Hall–Kier alpha value is -1.43. The largest absolute Gasteiger partial charge is 0.316 e. The second-order valence-electron chi connectivity index (χ2n) is 5.46. The van der Waals surface area contributed by atoms with Gasteiger partial charge in [-0.25, -0.2) is 0 Å². The number of hydrogen-bond donors (Lipinski definition) is 0. The summed E-state index contributed by atoms with van der Waals surface area (Å²) in [7, 11) is 0. The molecule has 0 atom stereocenters. The van der Waals surface area contributed by atoms with Gasteiger partial charge in [-0.1, -0.05) is 29.9 Å². The summed E-state index contributed by atoms with van der Waals surface area (Å²) in [5, 5.41) is 0. The molecule has 0 N–H and O–H groups in total. The molecular formula is C17H17ClN2OS2. The first kappa shape index (κ1) is 16.4. The number of thiophene rings is 1. The van der Waals surface area contributed by atoms with Crippen molar-refractivity contribution in [1.29, 1.82) is 0 Å². The van der Waals surface area contributed by atoms with Crippen molar-refractivity contribution in [3.8, 4) is 0 Å². The van der Waals surface area contributed by atoms with E-state index in [-0.39, 0.29) is 5.91 Å². The molecule has 3 nitrogen and oxygen atoms in total. The van der Waals surface area contributed by atoms with Crippen LogP contribution in [0, 0.1) is 13.8 Å². The van der Waals surface area contributed by atoms with Gasteiger partial charge < -0.3 is 4.57 Å². The Morgan fingerprint density at radius 3 is 2.61 bits per heavy atom. The highest BCUT2D eigenvalue weighted by Crippen LogP contribution is 2.24. The Morgan fingerprint density at radius 1 is 1.22 bits per heavy atom. The van der Waals surface area contributed by atoms with E-state index in [1.54, 1.807) is 23.5 Å². The molecule has 0 saturated carbocycles. The summed E-state index contributed by atoms with van der Waals surface area (Å²) in [5.41, 5.74) is 3.66. The van der Waals surface area contributed by atoms with Crippen LogP contribution in [0.3, 0.4) is 0 Å². The molecule has 0 saturated heterocycles. The third-order valence-electron chi connectivity index (χ3n) is 3.73. The number of aryl methyl sites for hydroxylation is 3. The van der Waals surface area contributed by atoms with Gasteiger partial charge in [-0.3, -0.25) is 4.79 Å². The summed E-state index contributed by atoms with van der Waals surface area (Å²) < 4.78 is 3.91. The van der Waals surface area contributed by atoms with Gasteiger partial charge in [0.15, 0.2) is 4.80 Å². The number of nitrogens with zero attached hydrogens (tertiary/aromatic N) is 2. The molecule has 0 spiro atoms. The summed E-state index contributed by atoms with van der Waals surface area (Å²) in [6.07, 6.45) is 0.991. The minimum absolute atomic E-state index is 0.230. The number of rotatable bonds is 3. The van der Waals surface area contributed by atoms with Gasteiger partial charge in [0.1, 0.15) is 0 Å². The Labute approximate surface area is 147 Å². The number of fused-ring (bicyclic) bond motifs is 1. The molecule has 0 radical (unpaired) electrons. The van der Waals surface area contributed by atoms with Crippen molar-refractivity contribution in [2.75, 3.05) is 0 Å². The minimum atomic E-state index is -0.230. The first-order valence-corrected chi connectivity index (χ1v) is 9.45. The zero-order valence-electron chi connectivity index (χ0n) is 13.2. The number of thiazole rings is 1. The van der Waals surface area contributed by atoms with E-state index in [0.29, 0.717) is 9.21 Å². The summed E-state index contributed by atoms with van der Waals surface area (Å²) in [6.45, 7) is 7.19. The van der Waals surface area contributed by atoms with Crippen molar-refractivity contribution in [2.24, 2.45) is 4.99 Å². The topological polar surface area (TPSA) is 34.4 Å². The molecule has 0 aliphatic carbocycles. The van der Waals surface area contributed by atoms with Gasteiger partial charge in [0, 0.05) is 6.54 Å². The van der Waals surface area contributed by atoms with Gasteiger partial charge in [0.25, 0.3) is 5.91 Å². The summed E-state index contributed by atoms with van der Waals surface area (Å²) in [4.78, 5) is 18.0. The summed E-state index contributed by atoms with van der Waals surface area (Å²) >= 11 is 8.74. The van der Waals surface area contributed by atoms with Crippen LogP contribution < -0.4 is 4.80 Å². The molecule has 0 unspecified atom stereocenters. The average molecular weight is 365 g/mol. The second-order valence-corrected chi connectivity index (χ2v) is 8.19. The van der Waals surface area contributed by atoms with E-state index in [1.165, 1.54) is 22.5 Å². The third-order valence-corrected chi connectivity index (χ3v) is 5.99. The highest BCUT2D eigenvalue weighted by molar-refractivity contribution is 7.18. The molecule has 1 aromatic carbocycles. The van der Waals surface area contributed by atoms with E-state index in [2.05, 4.69) is 42.5 Å². The van der Waals surface area contributed by atoms with Crippen LogP contribution >= 0.6 is 34.3 Å². The molecule has 0 aliphatic heterocycles. The van der Waals surface area contributed by atoms with Crippen molar-refractivity contribution in [2.45, 2.75) is 33.7 Å².